The number of benzene rings is 1. The number of halogens is 2. The van der Waals surface area contributed by atoms with Crippen LogP contribution in [0.5, 0.6) is 0 Å². The molecule has 0 aromatic heterocycles. The maximum atomic E-state index is 13.0. The van der Waals surface area contributed by atoms with Crippen molar-refractivity contribution in [3.8, 4) is 0 Å². The van der Waals surface area contributed by atoms with Gasteiger partial charge in [-0.15, -0.1) is 0 Å². The topological polar surface area (TPSA) is 49.6 Å². The molecule has 1 aromatic rings. The van der Waals surface area contributed by atoms with Crippen LogP contribution in [-0.4, -0.2) is 47.9 Å². The van der Waals surface area contributed by atoms with Crippen LogP contribution in [0.25, 0.3) is 0 Å². The van der Waals surface area contributed by atoms with E-state index in [-0.39, 0.29) is 17.8 Å². The number of carbonyl (C=O) groups is 1. The Morgan fingerprint density at radius 3 is 2.64 bits per heavy atom. The molecule has 1 heterocycles. The SMILES string of the molecule is CC(N)CCC(=O)N1CCN(Cc2ccc(F)cc2Cl)CC1. The number of piperazine rings is 1. The largest absolute Gasteiger partial charge is 0.340 e. The molecule has 2 rings (SSSR count). The van der Waals surface area contributed by atoms with Crippen molar-refractivity contribution >= 4 is 17.5 Å². The van der Waals surface area contributed by atoms with Crippen LogP contribution < -0.4 is 5.73 Å². The van der Waals surface area contributed by atoms with Crippen LogP contribution in [0.3, 0.4) is 0 Å². The lowest BCUT2D eigenvalue weighted by atomic mass is 10.1. The second-order valence-corrected chi connectivity index (χ2v) is 6.32. The van der Waals surface area contributed by atoms with Crippen LogP contribution in [0.15, 0.2) is 18.2 Å². The summed E-state index contributed by atoms with van der Waals surface area (Å²) in [4.78, 5) is 16.2. The van der Waals surface area contributed by atoms with Crippen molar-refractivity contribution < 1.29 is 9.18 Å². The summed E-state index contributed by atoms with van der Waals surface area (Å²) in [6.07, 6.45) is 1.24. The normalized spacial score (nSPS) is 17.5. The molecule has 1 unspecified atom stereocenters. The van der Waals surface area contributed by atoms with Gasteiger partial charge in [0.1, 0.15) is 5.82 Å². The van der Waals surface area contributed by atoms with E-state index in [1.54, 1.807) is 6.07 Å². The van der Waals surface area contributed by atoms with E-state index in [0.29, 0.717) is 18.0 Å². The molecule has 0 spiro atoms. The first kappa shape index (κ1) is 17.2. The van der Waals surface area contributed by atoms with Crippen molar-refractivity contribution in [3.05, 3.63) is 34.6 Å². The van der Waals surface area contributed by atoms with Gasteiger partial charge >= 0.3 is 0 Å². The van der Waals surface area contributed by atoms with Gasteiger partial charge in [0.25, 0.3) is 0 Å². The molecule has 6 heteroatoms. The summed E-state index contributed by atoms with van der Waals surface area (Å²) in [5.74, 6) is -0.143. The van der Waals surface area contributed by atoms with E-state index >= 15 is 0 Å². The van der Waals surface area contributed by atoms with Gasteiger partial charge in [-0.2, -0.15) is 0 Å². The van der Waals surface area contributed by atoms with Crippen LogP contribution in [0.1, 0.15) is 25.3 Å². The van der Waals surface area contributed by atoms with Gasteiger partial charge < -0.3 is 10.6 Å². The Bertz CT molecular complexity index is 516. The molecule has 0 aliphatic carbocycles. The summed E-state index contributed by atoms with van der Waals surface area (Å²) < 4.78 is 13.0. The standard InChI is InChI=1S/C16H23ClFN3O/c1-12(19)2-5-16(22)21-8-6-20(7-9-21)11-13-3-4-14(18)10-15(13)17/h3-4,10,12H,2,5-9,11,19H2,1H3. The summed E-state index contributed by atoms with van der Waals surface area (Å²) in [7, 11) is 0. The zero-order valence-corrected chi connectivity index (χ0v) is 13.7. The average Bonchev–Trinajstić information content (AvgIpc) is 2.48. The van der Waals surface area contributed by atoms with Crippen LogP contribution in [0.4, 0.5) is 4.39 Å². The molecule has 1 saturated heterocycles. The van der Waals surface area contributed by atoms with Crippen LogP contribution >= 0.6 is 11.6 Å². The van der Waals surface area contributed by atoms with Gasteiger partial charge in [0, 0.05) is 50.2 Å². The number of nitrogens with zero attached hydrogens (tertiary/aromatic N) is 2. The number of hydrogen-bond acceptors (Lipinski definition) is 3. The molecule has 0 radical (unpaired) electrons. The van der Waals surface area contributed by atoms with E-state index in [1.165, 1.54) is 12.1 Å². The highest BCUT2D eigenvalue weighted by molar-refractivity contribution is 6.31. The molecule has 22 heavy (non-hydrogen) atoms. The molecular weight excluding hydrogens is 305 g/mol. The van der Waals surface area contributed by atoms with E-state index in [4.69, 9.17) is 17.3 Å². The monoisotopic (exact) mass is 327 g/mol. The Kier molecular flexibility index (Phi) is 6.17. The maximum Gasteiger partial charge on any atom is 0.222 e. The number of nitrogens with two attached hydrogens (primary N) is 1. The minimum Gasteiger partial charge on any atom is -0.340 e. The number of rotatable bonds is 5. The zero-order valence-electron chi connectivity index (χ0n) is 12.9. The number of carbonyl (C=O) groups excluding carboxylic acids is 1. The summed E-state index contributed by atoms with van der Waals surface area (Å²) in [6.45, 7) is 5.64. The molecule has 1 aromatic carbocycles. The maximum absolute atomic E-state index is 13.0. The van der Waals surface area contributed by atoms with Crippen LogP contribution in [-0.2, 0) is 11.3 Å². The molecule has 1 aliphatic heterocycles. The highest BCUT2D eigenvalue weighted by Gasteiger charge is 2.21. The fourth-order valence-electron chi connectivity index (χ4n) is 2.56. The Balaban J connectivity index is 1.80. The minimum atomic E-state index is -0.321. The van der Waals surface area contributed by atoms with E-state index in [0.717, 1.165) is 38.2 Å². The fraction of sp³-hybridized carbons (Fsp3) is 0.562. The second kappa shape index (κ2) is 7.90. The lowest BCUT2D eigenvalue weighted by Crippen LogP contribution is -2.48. The summed E-state index contributed by atoms with van der Waals surface area (Å²) in [5, 5.41) is 0.454. The van der Waals surface area contributed by atoms with E-state index in [1.807, 2.05) is 11.8 Å². The molecule has 4 nitrogen and oxygen atoms in total. The zero-order chi connectivity index (χ0) is 16.1. The predicted molar refractivity (Wildman–Crippen MR) is 86.2 cm³/mol. The van der Waals surface area contributed by atoms with Crippen molar-refractivity contribution in [1.82, 2.24) is 9.80 Å². The molecule has 2 N–H and O–H groups in total. The minimum absolute atomic E-state index is 0.0610. The van der Waals surface area contributed by atoms with Gasteiger partial charge in [-0.05, 0) is 31.0 Å². The molecule has 1 fully saturated rings. The quantitative estimate of drug-likeness (QED) is 0.902. The van der Waals surface area contributed by atoms with E-state index in [2.05, 4.69) is 4.90 Å². The van der Waals surface area contributed by atoms with Gasteiger partial charge in [-0.1, -0.05) is 17.7 Å². The summed E-state index contributed by atoms with van der Waals surface area (Å²) in [5.41, 5.74) is 6.60. The first-order chi connectivity index (χ1) is 10.5. The van der Waals surface area contributed by atoms with E-state index in [9.17, 15) is 9.18 Å². The molecule has 1 aliphatic rings. The predicted octanol–water partition coefficient (Wildman–Crippen LogP) is 2.25. The van der Waals surface area contributed by atoms with Crippen molar-refractivity contribution in [2.24, 2.45) is 5.73 Å². The lowest BCUT2D eigenvalue weighted by Gasteiger charge is -2.35. The van der Waals surface area contributed by atoms with Gasteiger partial charge in [0.2, 0.25) is 5.91 Å². The molecule has 122 valence electrons. The smallest absolute Gasteiger partial charge is 0.222 e. The third-order valence-electron chi connectivity index (χ3n) is 3.95. The Hall–Kier alpha value is -1.17. The lowest BCUT2D eigenvalue weighted by molar-refractivity contribution is -0.133. The molecule has 0 saturated carbocycles. The van der Waals surface area contributed by atoms with Gasteiger partial charge in [-0.3, -0.25) is 9.69 Å². The number of hydrogen-bond donors (Lipinski definition) is 1. The second-order valence-electron chi connectivity index (χ2n) is 5.91. The number of amides is 1. The Morgan fingerprint density at radius 1 is 1.36 bits per heavy atom. The first-order valence-electron chi connectivity index (χ1n) is 7.65. The molecule has 1 amide bonds. The van der Waals surface area contributed by atoms with Crippen molar-refractivity contribution in [2.75, 3.05) is 26.2 Å². The summed E-state index contributed by atoms with van der Waals surface area (Å²) >= 11 is 6.06. The average molecular weight is 328 g/mol. The summed E-state index contributed by atoms with van der Waals surface area (Å²) in [6, 6.07) is 4.54. The Morgan fingerprint density at radius 2 is 2.05 bits per heavy atom. The van der Waals surface area contributed by atoms with Crippen molar-refractivity contribution in [2.45, 2.75) is 32.4 Å². The highest BCUT2D eigenvalue weighted by atomic mass is 35.5. The third-order valence-corrected chi connectivity index (χ3v) is 4.30. The van der Waals surface area contributed by atoms with Gasteiger partial charge in [0.15, 0.2) is 0 Å². The van der Waals surface area contributed by atoms with Gasteiger partial charge in [0.05, 0.1) is 0 Å². The molecule has 0 bridgehead atoms. The van der Waals surface area contributed by atoms with Gasteiger partial charge in [-0.25, -0.2) is 4.39 Å². The van der Waals surface area contributed by atoms with Crippen LogP contribution in [0.2, 0.25) is 5.02 Å². The third kappa shape index (κ3) is 4.93. The van der Waals surface area contributed by atoms with E-state index < -0.39 is 0 Å². The van der Waals surface area contributed by atoms with Crippen molar-refractivity contribution in [1.29, 1.82) is 0 Å². The van der Waals surface area contributed by atoms with Crippen LogP contribution in [0, 0.1) is 5.82 Å². The first-order valence-corrected chi connectivity index (χ1v) is 8.03. The molecular formula is C16H23ClFN3O. The Labute approximate surface area is 136 Å². The highest BCUT2D eigenvalue weighted by Crippen LogP contribution is 2.19. The fourth-order valence-corrected chi connectivity index (χ4v) is 2.78. The van der Waals surface area contributed by atoms with Crippen molar-refractivity contribution in [3.63, 3.8) is 0 Å². The molecule has 1 atom stereocenters.